The topological polar surface area (TPSA) is 46.3 Å². The van der Waals surface area contributed by atoms with Gasteiger partial charge in [-0.3, -0.25) is 4.79 Å². The Hall–Kier alpha value is -1.79. The monoisotopic (exact) mass is 292 g/mol. The number of alkyl halides is 4. The highest BCUT2D eigenvalue weighted by atomic mass is 19.3. The molecule has 3 nitrogen and oxygen atoms in total. The number of rotatable bonds is 6. The highest BCUT2D eigenvalue weighted by Crippen LogP contribution is 2.27. The number of halogens is 4. The van der Waals surface area contributed by atoms with E-state index in [1.165, 1.54) is 0 Å². The summed E-state index contributed by atoms with van der Waals surface area (Å²) in [4.78, 5) is 12.3. The zero-order valence-electron chi connectivity index (χ0n) is 11.0. The van der Waals surface area contributed by atoms with Crippen molar-refractivity contribution in [1.82, 2.24) is 4.90 Å². The first-order chi connectivity index (χ1) is 9.30. The molecule has 0 aromatic heterocycles. The number of anilines is 1. The van der Waals surface area contributed by atoms with Crippen molar-refractivity contribution in [1.29, 1.82) is 0 Å². The van der Waals surface area contributed by atoms with E-state index in [0.29, 0.717) is 22.6 Å². The average molecular weight is 292 g/mol. The maximum atomic E-state index is 13.1. The van der Waals surface area contributed by atoms with Crippen molar-refractivity contribution in [3.63, 3.8) is 0 Å². The van der Waals surface area contributed by atoms with Gasteiger partial charge in [0.25, 0.3) is 5.91 Å². The van der Waals surface area contributed by atoms with Crippen LogP contribution >= 0.6 is 0 Å². The van der Waals surface area contributed by atoms with Crippen LogP contribution < -0.4 is 5.73 Å². The summed E-state index contributed by atoms with van der Waals surface area (Å²) in [6.45, 7) is 1.40. The van der Waals surface area contributed by atoms with Crippen LogP contribution in [0.15, 0.2) is 24.3 Å². The Morgan fingerprint density at radius 2 is 1.95 bits per heavy atom. The lowest BCUT2D eigenvalue weighted by molar-refractivity contribution is -0.181. The number of nitrogens with zero attached hydrogens (tertiary/aromatic N) is 1. The lowest BCUT2D eigenvalue weighted by Crippen LogP contribution is -2.47. The molecule has 1 amide bonds. The van der Waals surface area contributed by atoms with Gasteiger partial charge in [0.05, 0.1) is 0 Å². The Kier molecular flexibility index (Phi) is 5.35. The Balaban J connectivity index is 2.95. The molecular formula is C13H16F4N2O. The van der Waals surface area contributed by atoms with Crippen LogP contribution in [0.5, 0.6) is 0 Å². The minimum Gasteiger partial charge on any atom is -0.398 e. The van der Waals surface area contributed by atoms with Crippen LogP contribution in [0.3, 0.4) is 0 Å². The Morgan fingerprint density at radius 3 is 2.45 bits per heavy atom. The lowest BCUT2D eigenvalue weighted by Gasteiger charge is -2.26. The molecule has 0 atom stereocenters. The van der Waals surface area contributed by atoms with E-state index < -0.39 is 18.3 Å². The van der Waals surface area contributed by atoms with Gasteiger partial charge >= 0.3 is 12.3 Å². The second-order valence-corrected chi connectivity index (χ2v) is 4.35. The van der Waals surface area contributed by atoms with Gasteiger partial charge in [-0.15, -0.1) is 0 Å². The van der Waals surface area contributed by atoms with Crippen molar-refractivity contribution < 1.29 is 22.4 Å². The fourth-order valence-electron chi connectivity index (χ4n) is 1.71. The average Bonchev–Trinajstić information content (AvgIpc) is 2.39. The normalized spacial score (nSPS) is 11.7. The number of benzene rings is 1. The highest BCUT2D eigenvalue weighted by Gasteiger charge is 2.51. The molecule has 0 unspecified atom stereocenters. The molecule has 112 valence electrons. The molecule has 0 bridgehead atoms. The van der Waals surface area contributed by atoms with Crippen LogP contribution in [0.25, 0.3) is 0 Å². The van der Waals surface area contributed by atoms with E-state index in [2.05, 4.69) is 0 Å². The van der Waals surface area contributed by atoms with Crippen molar-refractivity contribution in [2.24, 2.45) is 0 Å². The van der Waals surface area contributed by atoms with Crippen LogP contribution in [-0.4, -0.2) is 29.7 Å². The van der Waals surface area contributed by atoms with Crippen molar-refractivity contribution in [3.05, 3.63) is 29.8 Å². The molecule has 0 saturated heterocycles. The standard InChI is InChI=1S/C13H16F4N2O/c1-2-7-19(12(20)13(16,17)11(14)15)8-9-5-3-4-6-10(9)18/h3-6,11H,2,7-8,18H2,1H3. The third-order valence-corrected chi connectivity index (χ3v) is 2.76. The first kappa shape index (κ1) is 16.3. The van der Waals surface area contributed by atoms with E-state index in [9.17, 15) is 22.4 Å². The van der Waals surface area contributed by atoms with E-state index in [1.807, 2.05) is 0 Å². The zero-order valence-corrected chi connectivity index (χ0v) is 11.0. The first-order valence-corrected chi connectivity index (χ1v) is 6.09. The van der Waals surface area contributed by atoms with Crippen molar-refractivity contribution in [2.45, 2.75) is 32.2 Å². The van der Waals surface area contributed by atoms with Crippen molar-refractivity contribution in [3.8, 4) is 0 Å². The highest BCUT2D eigenvalue weighted by molar-refractivity contribution is 5.84. The second-order valence-electron chi connectivity index (χ2n) is 4.35. The number of hydrogen-bond acceptors (Lipinski definition) is 2. The molecule has 0 heterocycles. The van der Waals surface area contributed by atoms with Crippen LogP contribution in [-0.2, 0) is 11.3 Å². The summed E-state index contributed by atoms with van der Waals surface area (Å²) in [7, 11) is 0. The maximum Gasteiger partial charge on any atom is 0.383 e. The number of hydrogen-bond donors (Lipinski definition) is 1. The molecule has 0 aliphatic carbocycles. The molecule has 0 fully saturated rings. The zero-order chi connectivity index (χ0) is 15.3. The largest absolute Gasteiger partial charge is 0.398 e. The number of para-hydroxylation sites is 1. The quantitative estimate of drug-likeness (QED) is 0.647. The van der Waals surface area contributed by atoms with E-state index in [4.69, 9.17) is 5.73 Å². The summed E-state index contributed by atoms with van der Waals surface area (Å²) in [6.07, 6.45) is -3.65. The summed E-state index contributed by atoms with van der Waals surface area (Å²) in [5.74, 6) is -6.56. The first-order valence-electron chi connectivity index (χ1n) is 6.09. The minimum atomic E-state index is -4.68. The van der Waals surface area contributed by atoms with Gasteiger partial charge in [0.1, 0.15) is 0 Å². The molecule has 0 spiro atoms. The predicted molar refractivity (Wildman–Crippen MR) is 67.5 cm³/mol. The van der Waals surface area contributed by atoms with Crippen LogP contribution in [0.1, 0.15) is 18.9 Å². The SMILES string of the molecule is CCCN(Cc1ccccc1N)C(=O)C(F)(F)C(F)F. The van der Waals surface area contributed by atoms with Gasteiger partial charge in [-0.2, -0.15) is 8.78 Å². The molecule has 0 radical (unpaired) electrons. The lowest BCUT2D eigenvalue weighted by atomic mass is 10.1. The van der Waals surface area contributed by atoms with E-state index in [-0.39, 0.29) is 13.1 Å². The molecule has 1 aromatic rings. The molecule has 1 aromatic carbocycles. The van der Waals surface area contributed by atoms with Crippen LogP contribution in [0, 0.1) is 0 Å². The van der Waals surface area contributed by atoms with Crippen LogP contribution in [0.4, 0.5) is 23.2 Å². The summed E-state index contributed by atoms with van der Waals surface area (Å²) in [5.41, 5.74) is 6.43. The molecular weight excluding hydrogens is 276 g/mol. The number of amides is 1. The molecule has 0 aliphatic rings. The molecule has 1 rings (SSSR count). The predicted octanol–water partition coefficient (Wildman–Crippen LogP) is 2.91. The van der Waals surface area contributed by atoms with E-state index in [1.54, 1.807) is 31.2 Å². The van der Waals surface area contributed by atoms with Gasteiger partial charge in [-0.25, -0.2) is 8.78 Å². The maximum absolute atomic E-state index is 13.1. The molecule has 0 aliphatic heterocycles. The van der Waals surface area contributed by atoms with Crippen LogP contribution in [0.2, 0.25) is 0 Å². The number of carbonyl (C=O) groups is 1. The molecule has 0 saturated carbocycles. The smallest absolute Gasteiger partial charge is 0.383 e. The summed E-state index contributed by atoms with van der Waals surface area (Å²) in [6, 6.07) is 6.39. The fraction of sp³-hybridized carbons (Fsp3) is 0.462. The fourth-order valence-corrected chi connectivity index (χ4v) is 1.71. The summed E-state index contributed by atoms with van der Waals surface area (Å²) >= 11 is 0. The van der Waals surface area contributed by atoms with E-state index >= 15 is 0 Å². The number of carbonyl (C=O) groups excluding carboxylic acids is 1. The van der Waals surface area contributed by atoms with Gasteiger partial charge in [-0.1, -0.05) is 25.1 Å². The molecule has 7 heteroatoms. The van der Waals surface area contributed by atoms with Gasteiger partial charge in [0.2, 0.25) is 0 Å². The van der Waals surface area contributed by atoms with E-state index in [0.717, 1.165) is 0 Å². The van der Waals surface area contributed by atoms with Gasteiger partial charge in [-0.05, 0) is 18.1 Å². The Bertz CT molecular complexity index is 465. The van der Waals surface area contributed by atoms with Gasteiger partial charge < -0.3 is 10.6 Å². The van der Waals surface area contributed by atoms with Gasteiger partial charge in [0, 0.05) is 18.8 Å². The third-order valence-electron chi connectivity index (χ3n) is 2.76. The van der Waals surface area contributed by atoms with Gasteiger partial charge in [0.15, 0.2) is 0 Å². The molecule has 20 heavy (non-hydrogen) atoms. The molecule has 2 N–H and O–H groups in total. The minimum absolute atomic E-state index is 0.0462. The van der Waals surface area contributed by atoms with Crippen molar-refractivity contribution in [2.75, 3.05) is 12.3 Å². The third kappa shape index (κ3) is 3.61. The summed E-state index contributed by atoms with van der Waals surface area (Å²) in [5, 5.41) is 0. The Morgan fingerprint density at radius 1 is 1.35 bits per heavy atom. The second kappa shape index (κ2) is 6.58. The van der Waals surface area contributed by atoms with Crippen molar-refractivity contribution >= 4 is 11.6 Å². The Labute approximate surface area is 114 Å². The number of nitrogens with two attached hydrogens (primary N) is 1. The summed E-state index contributed by atoms with van der Waals surface area (Å²) < 4.78 is 50.8. The number of nitrogen functional groups attached to an aromatic ring is 1.